The summed E-state index contributed by atoms with van der Waals surface area (Å²) in [4.78, 5) is 0. The van der Waals surface area contributed by atoms with E-state index in [2.05, 4.69) is 23.5 Å². The van der Waals surface area contributed by atoms with Gasteiger partial charge in [0, 0.05) is 11.4 Å². The molecule has 1 aromatic rings. The molecule has 0 atom stereocenters. The van der Waals surface area contributed by atoms with E-state index < -0.39 is 0 Å². The molecule has 0 radical (unpaired) electrons. The Morgan fingerprint density at radius 3 is 1.75 bits per heavy atom. The summed E-state index contributed by atoms with van der Waals surface area (Å²) in [7, 11) is 0. The minimum absolute atomic E-state index is 0.362. The summed E-state index contributed by atoms with van der Waals surface area (Å²) in [6.07, 6.45) is 0. The molecule has 1 aliphatic heterocycles. The zero-order chi connectivity index (χ0) is 14.7. The predicted molar refractivity (Wildman–Crippen MR) is 73.7 cm³/mol. The van der Waals surface area contributed by atoms with Crippen molar-refractivity contribution < 1.29 is 0 Å². The number of nitriles is 3. The maximum Gasteiger partial charge on any atom is 0.0991 e. The zero-order valence-corrected chi connectivity index (χ0v) is 11.2. The van der Waals surface area contributed by atoms with Gasteiger partial charge in [-0.1, -0.05) is 12.1 Å². The minimum Gasteiger partial charge on any atom is -0.361 e. The number of allylic oxidation sites excluding steroid dienone is 4. The summed E-state index contributed by atoms with van der Waals surface area (Å²) in [5, 5.41) is 30.6. The molecule has 0 saturated carbocycles. The summed E-state index contributed by atoms with van der Waals surface area (Å²) < 4.78 is 0. The van der Waals surface area contributed by atoms with Crippen LogP contribution in [-0.2, 0) is 0 Å². The van der Waals surface area contributed by atoms with E-state index in [1.807, 2.05) is 13.8 Å². The minimum atomic E-state index is -0.362. The van der Waals surface area contributed by atoms with Crippen LogP contribution in [0.25, 0.3) is 0 Å². The molecule has 1 aromatic carbocycles. The summed E-state index contributed by atoms with van der Waals surface area (Å²) >= 11 is 0. The fraction of sp³-hybridized carbons (Fsp3) is 0.188. The molecule has 1 heterocycles. The number of benzene rings is 1. The second-order valence-electron chi connectivity index (χ2n) is 4.59. The zero-order valence-electron chi connectivity index (χ0n) is 11.2. The van der Waals surface area contributed by atoms with E-state index >= 15 is 0 Å². The van der Waals surface area contributed by atoms with Gasteiger partial charge in [0.05, 0.1) is 40.8 Å². The van der Waals surface area contributed by atoms with Gasteiger partial charge in [0.2, 0.25) is 0 Å². The van der Waals surface area contributed by atoms with Crippen molar-refractivity contribution >= 4 is 0 Å². The molecule has 1 aliphatic rings. The third kappa shape index (κ3) is 2.14. The topological polar surface area (TPSA) is 83.4 Å². The van der Waals surface area contributed by atoms with Crippen molar-refractivity contribution in [3.8, 4) is 18.2 Å². The first kappa shape index (κ1) is 13.4. The lowest BCUT2D eigenvalue weighted by molar-refractivity contribution is 0.814. The number of hydrogen-bond donors (Lipinski definition) is 1. The van der Waals surface area contributed by atoms with E-state index in [0.29, 0.717) is 16.7 Å². The van der Waals surface area contributed by atoms with Gasteiger partial charge < -0.3 is 5.32 Å². The Morgan fingerprint density at radius 1 is 0.850 bits per heavy atom. The SMILES string of the molecule is CC1=C(C#N)C(c2ccc(C#N)cc2)C(C#N)=C(C)N1. The molecular formula is C16H12N4. The average molecular weight is 260 g/mol. The molecule has 0 fully saturated rings. The first-order chi connectivity index (χ1) is 9.62. The Bertz CT molecular complexity index is 695. The summed E-state index contributed by atoms with van der Waals surface area (Å²) in [6, 6.07) is 13.4. The van der Waals surface area contributed by atoms with Crippen molar-refractivity contribution in [3.05, 3.63) is 57.9 Å². The van der Waals surface area contributed by atoms with Crippen LogP contribution in [0.3, 0.4) is 0 Å². The van der Waals surface area contributed by atoms with Crippen molar-refractivity contribution in [1.82, 2.24) is 5.32 Å². The Kier molecular flexibility index (Phi) is 3.56. The van der Waals surface area contributed by atoms with Gasteiger partial charge in [0.1, 0.15) is 0 Å². The Hall–Kier alpha value is -3.03. The van der Waals surface area contributed by atoms with Crippen molar-refractivity contribution in [1.29, 1.82) is 15.8 Å². The predicted octanol–water partition coefficient (Wildman–Crippen LogP) is 2.84. The molecule has 0 saturated heterocycles. The highest BCUT2D eigenvalue weighted by atomic mass is 14.9. The van der Waals surface area contributed by atoms with Gasteiger partial charge in [-0.3, -0.25) is 0 Å². The van der Waals surface area contributed by atoms with Crippen LogP contribution in [0.2, 0.25) is 0 Å². The normalized spacial score (nSPS) is 15.2. The molecule has 2 rings (SSSR count). The van der Waals surface area contributed by atoms with Crippen LogP contribution in [0, 0.1) is 34.0 Å². The maximum atomic E-state index is 9.36. The van der Waals surface area contributed by atoms with E-state index in [4.69, 9.17) is 5.26 Å². The van der Waals surface area contributed by atoms with E-state index in [1.54, 1.807) is 24.3 Å². The van der Waals surface area contributed by atoms with E-state index in [-0.39, 0.29) is 5.92 Å². The van der Waals surface area contributed by atoms with Crippen LogP contribution >= 0.6 is 0 Å². The van der Waals surface area contributed by atoms with Gasteiger partial charge in [0.25, 0.3) is 0 Å². The molecule has 1 N–H and O–H groups in total. The molecule has 4 nitrogen and oxygen atoms in total. The van der Waals surface area contributed by atoms with Crippen molar-refractivity contribution in [2.24, 2.45) is 0 Å². The maximum absolute atomic E-state index is 9.36. The van der Waals surface area contributed by atoms with Crippen molar-refractivity contribution in [3.63, 3.8) is 0 Å². The summed E-state index contributed by atoms with van der Waals surface area (Å²) in [5.74, 6) is -0.362. The second-order valence-corrected chi connectivity index (χ2v) is 4.59. The van der Waals surface area contributed by atoms with Gasteiger partial charge in [0.15, 0.2) is 0 Å². The van der Waals surface area contributed by atoms with Crippen LogP contribution in [-0.4, -0.2) is 0 Å². The molecule has 96 valence electrons. The third-order valence-corrected chi connectivity index (χ3v) is 3.37. The Labute approximate surface area is 117 Å². The van der Waals surface area contributed by atoms with E-state index in [9.17, 15) is 10.5 Å². The Morgan fingerprint density at radius 2 is 1.35 bits per heavy atom. The quantitative estimate of drug-likeness (QED) is 0.841. The highest BCUT2D eigenvalue weighted by molar-refractivity contribution is 5.55. The fourth-order valence-electron chi connectivity index (χ4n) is 2.37. The standard InChI is InChI=1S/C16H12N4/c1-10-14(8-18)16(15(9-19)11(2)20-10)13-5-3-12(7-17)4-6-13/h3-6,16,20H,1-2H3. The molecule has 0 spiro atoms. The molecule has 0 aliphatic carbocycles. The second kappa shape index (κ2) is 5.31. The smallest absolute Gasteiger partial charge is 0.0991 e. The molecular weight excluding hydrogens is 248 g/mol. The van der Waals surface area contributed by atoms with Crippen molar-refractivity contribution in [2.75, 3.05) is 0 Å². The Balaban J connectivity index is 2.60. The molecule has 4 heteroatoms. The van der Waals surface area contributed by atoms with Crippen LogP contribution in [0.4, 0.5) is 0 Å². The van der Waals surface area contributed by atoms with Gasteiger partial charge >= 0.3 is 0 Å². The van der Waals surface area contributed by atoms with Crippen LogP contribution in [0.1, 0.15) is 30.9 Å². The number of nitrogens with one attached hydrogen (secondary N) is 1. The number of hydrogen-bond acceptors (Lipinski definition) is 4. The lowest BCUT2D eigenvalue weighted by atomic mass is 9.81. The molecule has 20 heavy (non-hydrogen) atoms. The van der Waals surface area contributed by atoms with Crippen LogP contribution in [0.5, 0.6) is 0 Å². The van der Waals surface area contributed by atoms with Crippen LogP contribution < -0.4 is 5.32 Å². The van der Waals surface area contributed by atoms with Gasteiger partial charge in [-0.05, 0) is 31.5 Å². The van der Waals surface area contributed by atoms with Gasteiger partial charge in [-0.15, -0.1) is 0 Å². The number of dihydropyridines is 1. The first-order valence-corrected chi connectivity index (χ1v) is 6.11. The summed E-state index contributed by atoms with van der Waals surface area (Å²) in [6.45, 7) is 3.65. The van der Waals surface area contributed by atoms with Gasteiger partial charge in [-0.25, -0.2) is 0 Å². The lowest BCUT2D eigenvalue weighted by Gasteiger charge is -2.26. The summed E-state index contributed by atoms with van der Waals surface area (Å²) in [5.41, 5.74) is 4.00. The monoisotopic (exact) mass is 260 g/mol. The largest absolute Gasteiger partial charge is 0.361 e. The van der Waals surface area contributed by atoms with E-state index in [0.717, 1.165) is 17.0 Å². The molecule has 0 unspecified atom stereocenters. The number of rotatable bonds is 1. The highest BCUT2D eigenvalue weighted by Crippen LogP contribution is 2.37. The van der Waals surface area contributed by atoms with Crippen molar-refractivity contribution in [2.45, 2.75) is 19.8 Å². The van der Waals surface area contributed by atoms with Gasteiger partial charge in [-0.2, -0.15) is 15.8 Å². The third-order valence-electron chi connectivity index (χ3n) is 3.37. The number of nitrogens with zero attached hydrogens (tertiary/aromatic N) is 3. The fourth-order valence-corrected chi connectivity index (χ4v) is 2.37. The molecule has 0 bridgehead atoms. The average Bonchev–Trinajstić information content (AvgIpc) is 2.46. The highest BCUT2D eigenvalue weighted by Gasteiger charge is 2.29. The molecule has 0 amide bonds. The first-order valence-electron chi connectivity index (χ1n) is 6.11. The van der Waals surface area contributed by atoms with E-state index in [1.165, 1.54) is 0 Å². The lowest BCUT2D eigenvalue weighted by Crippen LogP contribution is -2.23. The van der Waals surface area contributed by atoms with Crippen LogP contribution in [0.15, 0.2) is 46.8 Å². The molecule has 0 aromatic heterocycles.